The summed E-state index contributed by atoms with van der Waals surface area (Å²) in [6, 6.07) is 4.26. The Labute approximate surface area is 127 Å². The number of hydrogen-bond donors (Lipinski definition) is 1. The lowest BCUT2D eigenvalue weighted by Crippen LogP contribution is -2.30. The second-order valence-corrected chi connectivity index (χ2v) is 5.82. The summed E-state index contributed by atoms with van der Waals surface area (Å²) in [6.07, 6.45) is 3.76. The van der Waals surface area contributed by atoms with E-state index in [0.717, 1.165) is 23.6 Å². The van der Waals surface area contributed by atoms with Crippen LogP contribution in [0.2, 0.25) is 0 Å². The molecule has 5 nitrogen and oxygen atoms in total. The smallest absolute Gasteiger partial charge is 0.227 e. The minimum Gasteiger partial charge on any atom is -0.441 e. The van der Waals surface area contributed by atoms with Crippen molar-refractivity contribution < 1.29 is 4.42 Å². The van der Waals surface area contributed by atoms with Crippen molar-refractivity contribution in [2.75, 3.05) is 0 Å². The highest BCUT2D eigenvalue weighted by molar-refractivity contribution is 7.08. The minimum absolute atomic E-state index is 0.311. The zero-order valence-corrected chi connectivity index (χ0v) is 12.9. The molecule has 21 heavy (non-hydrogen) atoms. The van der Waals surface area contributed by atoms with E-state index in [1.54, 1.807) is 17.5 Å². The van der Waals surface area contributed by atoms with Crippen LogP contribution < -0.4 is 5.32 Å². The molecule has 3 aromatic heterocycles. The maximum Gasteiger partial charge on any atom is 0.227 e. The van der Waals surface area contributed by atoms with Crippen LogP contribution in [-0.4, -0.2) is 20.8 Å². The van der Waals surface area contributed by atoms with Crippen LogP contribution in [0.25, 0.3) is 11.5 Å². The molecule has 110 valence electrons. The molecular formula is C15H18N4OS. The first-order valence-electron chi connectivity index (χ1n) is 6.92. The predicted octanol–water partition coefficient (Wildman–Crippen LogP) is 3.09. The second-order valence-electron chi connectivity index (χ2n) is 5.04. The van der Waals surface area contributed by atoms with Crippen molar-refractivity contribution in [1.82, 2.24) is 20.1 Å². The van der Waals surface area contributed by atoms with Gasteiger partial charge < -0.3 is 9.73 Å². The third kappa shape index (κ3) is 3.40. The lowest BCUT2D eigenvalue weighted by molar-refractivity contribution is 0.446. The van der Waals surface area contributed by atoms with E-state index in [0.29, 0.717) is 18.5 Å². The Balaban J connectivity index is 1.60. The molecule has 0 aliphatic carbocycles. The van der Waals surface area contributed by atoms with Gasteiger partial charge in [0.1, 0.15) is 5.76 Å². The molecule has 3 heterocycles. The van der Waals surface area contributed by atoms with E-state index < -0.39 is 0 Å². The van der Waals surface area contributed by atoms with Crippen molar-refractivity contribution in [2.45, 2.75) is 33.0 Å². The quantitative estimate of drug-likeness (QED) is 0.760. The SMILES string of the molecule is Cc1oc(-c2ccsc2)nc1CNC(C)Cn1cccn1. The molecule has 0 aliphatic rings. The van der Waals surface area contributed by atoms with Gasteiger partial charge in [-0.25, -0.2) is 4.98 Å². The fourth-order valence-electron chi connectivity index (χ4n) is 2.13. The molecule has 1 atom stereocenters. The van der Waals surface area contributed by atoms with Crippen molar-refractivity contribution in [3.05, 3.63) is 46.7 Å². The van der Waals surface area contributed by atoms with E-state index in [1.807, 2.05) is 40.7 Å². The molecule has 0 saturated heterocycles. The maximum atomic E-state index is 5.74. The molecule has 0 saturated carbocycles. The molecule has 0 spiro atoms. The second kappa shape index (κ2) is 6.24. The maximum absolute atomic E-state index is 5.74. The highest BCUT2D eigenvalue weighted by Crippen LogP contribution is 2.23. The standard InChI is InChI=1S/C15H18N4OS/c1-11(9-19-6-3-5-17-19)16-8-14-12(2)20-15(18-14)13-4-7-21-10-13/h3-7,10-11,16H,8-9H2,1-2H3. The average molecular weight is 302 g/mol. The van der Waals surface area contributed by atoms with Gasteiger partial charge in [0.25, 0.3) is 0 Å². The highest BCUT2D eigenvalue weighted by Gasteiger charge is 2.12. The van der Waals surface area contributed by atoms with Crippen molar-refractivity contribution >= 4 is 11.3 Å². The summed E-state index contributed by atoms with van der Waals surface area (Å²) in [7, 11) is 0. The number of aromatic nitrogens is 3. The third-order valence-corrected chi connectivity index (χ3v) is 3.98. The van der Waals surface area contributed by atoms with Crippen LogP contribution in [0.15, 0.2) is 39.7 Å². The Morgan fingerprint density at radius 2 is 2.38 bits per heavy atom. The van der Waals surface area contributed by atoms with Crippen LogP contribution in [0.4, 0.5) is 0 Å². The van der Waals surface area contributed by atoms with Crippen LogP contribution in [0.1, 0.15) is 18.4 Å². The van der Waals surface area contributed by atoms with Crippen LogP contribution in [0.5, 0.6) is 0 Å². The number of nitrogens with zero attached hydrogens (tertiary/aromatic N) is 3. The van der Waals surface area contributed by atoms with Crippen LogP contribution >= 0.6 is 11.3 Å². The van der Waals surface area contributed by atoms with Crippen LogP contribution in [-0.2, 0) is 13.1 Å². The van der Waals surface area contributed by atoms with E-state index in [2.05, 4.69) is 22.3 Å². The molecule has 1 unspecified atom stereocenters. The minimum atomic E-state index is 0.311. The number of nitrogens with one attached hydrogen (secondary N) is 1. The van der Waals surface area contributed by atoms with E-state index in [1.165, 1.54) is 0 Å². The first-order chi connectivity index (χ1) is 10.2. The molecule has 0 aliphatic heterocycles. The molecule has 0 bridgehead atoms. The molecule has 0 radical (unpaired) electrons. The molecule has 0 aromatic carbocycles. The van der Waals surface area contributed by atoms with Gasteiger partial charge in [-0.05, 0) is 31.4 Å². The molecule has 3 rings (SSSR count). The predicted molar refractivity (Wildman–Crippen MR) is 83.1 cm³/mol. The average Bonchev–Trinajstić information content (AvgIpc) is 3.17. The fourth-order valence-corrected chi connectivity index (χ4v) is 2.76. The summed E-state index contributed by atoms with van der Waals surface area (Å²) in [5, 5.41) is 11.7. The van der Waals surface area contributed by atoms with Gasteiger partial charge in [-0.1, -0.05) is 0 Å². The monoisotopic (exact) mass is 302 g/mol. The number of aryl methyl sites for hydroxylation is 1. The van der Waals surface area contributed by atoms with Gasteiger partial charge in [0.15, 0.2) is 0 Å². The molecule has 0 fully saturated rings. The summed E-state index contributed by atoms with van der Waals surface area (Å²) in [5.74, 6) is 1.57. The Morgan fingerprint density at radius 1 is 1.48 bits per heavy atom. The van der Waals surface area contributed by atoms with Crippen LogP contribution in [0, 0.1) is 6.92 Å². The number of oxazole rings is 1. The molecular weight excluding hydrogens is 284 g/mol. The fraction of sp³-hybridized carbons (Fsp3) is 0.333. The topological polar surface area (TPSA) is 55.9 Å². The lowest BCUT2D eigenvalue weighted by Gasteiger charge is -2.12. The van der Waals surface area contributed by atoms with E-state index in [9.17, 15) is 0 Å². The lowest BCUT2D eigenvalue weighted by atomic mass is 10.3. The Hall–Kier alpha value is -1.92. The summed E-state index contributed by atoms with van der Waals surface area (Å²) < 4.78 is 7.66. The first kappa shape index (κ1) is 14.0. The highest BCUT2D eigenvalue weighted by atomic mass is 32.1. The summed E-state index contributed by atoms with van der Waals surface area (Å²) in [5.41, 5.74) is 2.00. The van der Waals surface area contributed by atoms with E-state index >= 15 is 0 Å². The van der Waals surface area contributed by atoms with Gasteiger partial charge in [0, 0.05) is 35.9 Å². The number of hydrogen-bond acceptors (Lipinski definition) is 5. The molecule has 0 amide bonds. The van der Waals surface area contributed by atoms with Gasteiger partial charge >= 0.3 is 0 Å². The summed E-state index contributed by atoms with van der Waals surface area (Å²) in [6.45, 7) is 5.62. The number of thiophene rings is 1. The van der Waals surface area contributed by atoms with Gasteiger partial charge in [-0.15, -0.1) is 0 Å². The van der Waals surface area contributed by atoms with Gasteiger partial charge in [-0.3, -0.25) is 4.68 Å². The van der Waals surface area contributed by atoms with Crippen molar-refractivity contribution in [1.29, 1.82) is 0 Å². The van der Waals surface area contributed by atoms with Crippen molar-refractivity contribution in [3.63, 3.8) is 0 Å². The summed E-state index contributed by atoms with van der Waals surface area (Å²) >= 11 is 1.64. The molecule has 3 aromatic rings. The largest absolute Gasteiger partial charge is 0.441 e. The van der Waals surface area contributed by atoms with Gasteiger partial charge in [0.05, 0.1) is 12.2 Å². The van der Waals surface area contributed by atoms with Gasteiger partial charge in [-0.2, -0.15) is 16.4 Å². The Kier molecular flexibility index (Phi) is 4.17. The number of rotatable bonds is 6. The van der Waals surface area contributed by atoms with Crippen molar-refractivity contribution in [2.24, 2.45) is 0 Å². The van der Waals surface area contributed by atoms with E-state index in [-0.39, 0.29) is 0 Å². The third-order valence-electron chi connectivity index (χ3n) is 3.30. The van der Waals surface area contributed by atoms with E-state index in [4.69, 9.17) is 4.42 Å². The van der Waals surface area contributed by atoms with Gasteiger partial charge in [0.2, 0.25) is 5.89 Å². The van der Waals surface area contributed by atoms with Crippen molar-refractivity contribution in [3.8, 4) is 11.5 Å². The zero-order chi connectivity index (χ0) is 14.7. The molecule has 1 N–H and O–H groups in total. The summed E-state index contributed by atoms with van der Waals surface area (Å²) in [4.78, 5) is 4.58. The normalized spacial score (nSPS) is 12.7. The first-order valence-corrected chi connectivity index (χ1v) is 7.86. The van der Waals surface area contributed by atoms with Crippen LogP contribution in [0.3, 0.4) is 0 Å². The molecule has 6 heteroatoms. The zero-order valence-electron chi connectivity index (χ0n) is 12.1. The Bertz CT molecular complexity index is 673. The Morgan fingerprint density at radius 3 is 3.10 bits per heavy atom.